The molecule has 0 spiro atoms. The maximum Gasteiger partial charge on any atom is 0.146 e. The van der Waals surface area contributed by atoms with Gasteiger partial charge in [-0.05, 0) is 38.5 Å². The van der Waals surface area contributed by atoms with Gasteiger partial charge in [-0.1, -0.05) is 34.6 Å². The second-order valence-electron chi connectivity index (χ2n) is 7.84. The van der Waals surface area contributed by atoms with Crippen LogP contribution in [0.3, 0.4) is 0 Å². The van der Waals surface area contributed by atoms with Crippen molar-refractivity contribution in [2.24, 2.45) is 5.73 Å². The first-order valence-electron chi connectivity index (χ1n) is 10.9. The summed E-state index contributed by atoms with van der Waals surface area (Å²) < 4.78 is 0. The summed E-state index contributed by atoms with van der Waals surface area (Å²) in [6, 6.07) is 0. The Kier molecular flexibility index (Phi) is 10.0. The molecular weight excluding hydrogens is 508 g/mol. The Morgan fingerprint density at radius 3 is 2.34 bits per heavy atom. The predicted molar refractivity (Wildman–Crippen MR) is 135 cm³/mol. The van der Waals surface area contributed by atoms with Crippen molar-refractivity contribution in [1.29, 1.82) is 0 Å². The molecule has 172 valence electrons. The Balaban J connectivity index is 0.000000147. The first kappa shape index (κ1) is 24.7. The Morgan fingerprint density at radius 2 is 1.78 bits per heavy atom. The minimum Gasteiger partial charge on any atom is -0.393 e. The quantitative estimate of drug-likeness (QED) is 0.335. The van der Waals surface area contributed by atoms with E-state index in [1.807, 2.05) is 17.5 Å². The molecule has 1 saturated carbocycles. The van der Waals surface area contributed by atoms with Crippen LogP contribution in [0.25, 0.3) is 0 Å². The minimum absolute atomic E-state index is 0.177. The lowest BCUT2D eigenvalue weighted by Gasteiger charge is -2.13. The number of halogens is 1. The fourth-order valence-electron chi connectivity index (χ4n) is 3.53. The van der Waals surface area contributed by atoms with E-state index in [0.717, 1.165) is 37.1 Å². The summed E-state index contributed by atoms with van der Waals surface area (Å²) in [5.74, 6) is 0.385. The zero-order chi connectivity index (χ0) is 22.8. The summed E-state index contributed by atoms with van der Waals surface area (Å²) in [6.45, 7) is 0. The first-order valence-corrected chi connectivity index (χ1v) is 13.0. The SMILES string of the molecule is NC(=S)Cc1cnc[nH]1.O=C1CCCCC1Br.c1ncc(Cc2nc3c(s2)CCCC3)[nH]1. The van der Waals surface area contributed by atoms with Gasteiger partial charge in [-0.25, -0.2) is 15.0 Å². The van der Waals surface area contributed by atoms with Gasteiger partial charge in [-0.2, -0.15) is 0 Å². The van der Waals surface area contributed by atoms with Gasteiger partial charge in [-0.15, -0.1) is 11.3 Å². The summed E-state index contributed by atoms with van der Waals surface area (Å²) in [5, 5.41) is 1.23. The van der Waals surface area contributed by atoms with E-state index in [-0.39, 0.29) is 4.83 Å². The van der Waals surface area contributed by atoms with E-state index < -0.39 is 0 Å². The maximum absolute atomic E-state index is 10.7. The molecule has 0 aromatic carbocycles. The highest BCUT2D eigenvalue weighted by Crippen LogP contribution is 2.27. The molecule has 0 radical (unpaired) electrons. The molecule has 32 heavy (non-hydrogen) atoms. The fourth-order valence-corrected chi connectivity index (χ4v) is 5.42. The van der Waals surface area contributed by atoms with Crippen molar-refractivity contribution in [3.05, 3.63) is 52.0 Å². The van der Waals surface area contributed by atoms with Crippen LogP contribution in [0.15, 0.2) is 25.0 Å². The van der Waals surface area contributed by atoms with Gasteiger partial charge in [0.2, 0.25) is 0 Å². The summed E-state index contributed by atoms with van der Waals surface area (Å²) >= 11 is 9.85. The lowest BCUT2D eigenvalue weighted by Crippen LogP contribution is -2.17. The number of rotatable bonds is 4. The Bertz CT molecular complexity index is 947. The van der Waals surface area contributed by atoms with Crippen molar-refractivity contribution in [3.63, 3.8) is 0 Å². The van der Waals surface area contributed by atoms with Crippen LogP contribution < -0.4 is 5.73 Å². The number of nitrogens with one attached hydrogen (secondary N) is 2. The number of hydrogen-bond donors (Lipinski definition) is 3. The van der Waals surface area contributed by atoms with Gasteiger partial charge in [0, 0.05) is 47.9 Å². The molecule has 0 bridgehead atoms. The molecule has 7 nitrogen and oxygen atoms in total. The van der Waals surface area contributed by atoms with Crippen molar-refractivity contribution in [3.8, 4) is 0 Å². The molecule has 4 N–H and O–H groups in total. The van der Waals surface area contributed by atoms with E-state index in [2.05, 4.69) is 48.1 Å². The largest absolute Gasteiger partial charge is 0.393 e. The average Bonchev–Trinajstić information content (AvgIpc) is 3.53. The van der Waals surface area contributed by atoms with E-state index >= 15 is 0 Å². The number of aromatic amines is 2. The number of hydrogen-bond acceptors (Lipinski definition) is 6. The molecule has 3 aromatic rings. The summed E-state index contributed by atoms with van der Waals surface area (Å²) in [7, 11) is 0. The molecule has 10 heteroatoms. The number of aryl methyl sites for hydroxylation is 2. The standard InChI is InChI=1S/C11H13N3S.C6H9BrO.C5H7N3S/c1-2-4-10-9(3-1)14-11(15-10)5-8-6-12-7-13-8;7-5-3-1-2-4-6(5)8;6-5(9)1-4-2-7-3-8-4/h6-7H,1-5H2,(H,12,13);5H,1-4H2;2-3H,1H2,(H2,6,9)(H,7,8). The van der Waals surface area contributed by atoms with Gasteiger partial charge < -0.3 is 15.7 Å². The monoisotopic (exact) mass is 536 g/mol. The molecular formula is C22H29BrN6OS2. The van der Waals surface area contributed by atoms with E-state index in [0.29, 0.717) is 17.2 Å². The zero-order valence-electron chi connectivity index (χ0n) is 18.0. The molecule has 1 fully saturated rings. The molecule has 2 aliphatic carbocycles. The number of H-pyrrole nitrogens is 2. The van der Waals surface area contributed by atoms with Gasteiger partial charge in [0.1, 0.15) is 5.78 Å². The summed E-state index contributed by atoms with van der Waals surface area (Å²) in [4.78, 5) is 31.5. The number of Topliss-reactive ketones (excluding diaryl/α,β-unsaturated/α-hetero) is 1. The number of imidazole rings is 2. The van der Waals surface area contributed by atoms with Crippen LogP contribution in [0.4, 0.5) is 0 Å². The van der Waals surface area contributed by atoms with E-state index in [4.69, 9.17) is 10.7 Å². The smallest absolute Gasteiger partial charge is 0.146 e. The number of thiazole rings is 1. The van der Waals surface area contributed by atoms with Gasteiger partial charge in [-0.3, -0.25) is 4.79 Å². The molecule has 3 heterocycles. The van der Waals surface area contributed by atoms with E-state index in [9.17, 15) is 4.79 Å². The van der Waals surface area contributed by atoms with Gasteiger partial charge in [0.25, 0.3) is 0 Å². The molecule has 1 unspecified atom stereocenters. The fraction of sp³-hybridized carbons (Fsp3) is 0.500. The third-order valence-electron chi connectivity index (χ3n) is 5.19. The van der Waals surface area contributed by atoms with Crippen molar-refractivity contribution < 1.29 is 4.79 Å². The highest BCUT2D eigenvalue weighted by Gasteiger charge is 2.18. The molecule has 0 amide bonds. The highest BCUT2D eigenvalue weighted by atomic mass is 79.9. The van der Waals surface area contributed by atoms with Crippen molar-refractivity contribution in [2.45, 2.75) is 69.0 Å². The van der Waals surface area contributed by atoms with Crippen LogP contribution in [0.1, 0.15) is 65.5 Å². The van der Waals surface area contributed by atoms with Crippen LogP contribution in [0.2, 0.25) is 0 Å². The van der Waals surface area contributed by atoms with Gasteiger partial charge >= 0.3 is 0 Å². The lowest BCUT2D eigenvalue weighted by molar-refractivity contribution is -0.119. The van der Waals surface area contributed by atoms with E-state index in [1.54, 1.807) is 18.9 Å². The summed E-state index contributed by atoms with van der Waals surface area (Å²) in [5.41, 5.74) is 8.73. The second-order valence-corrected chi connectivity index (χ2v) is 10.6. The number of nitrogens with two attached hydrogens (primary N) is 1. The van der Waals surface area contributed by atoms with Crippen molar-refractivity contribution in [2.75, 3.05) is 0 Å². The number of carbonyl (C=O) groups is 1. The topological polar surface area (TPSA) is 113 Å². The number of ketones is 1. The highest BCUT2D eigenvalue weighted by molar-refractivity contribution is 9.10. The number of thiocarbonyl (C=S) groups is 1. The minimum atomic E-state index is 0.177. The predicted octanol–water partition coefficient (Wildman–Crippen LogP) is 4.47. The number of alkyl halides is 1. The summed E-state index contributed by atoms with van der Waals surface area (Å²) in [6.07, 6.45) is 17.6. The van der Waals surface area contributed by atoms with Crippen molar-refractivity contribution >= 4 is 50.3 Å². The third kappa shape index (κ3) is 8.22. The lowest BCUT2D eigenvalue weighted by atomic mass is 10.00. The second kappa shape index (κ2) is 13.0. The first-order chi connectivity index (χ1) is 15.5. The van der Waals surface area contributed by atoms with Crippen LogP contribution >= 0.6 is 39.5 Å². The molecule has 2 aliphatic rings. The normalized spacial score (nSPS) is 17.4. The number of nitrogens with zero attached hydrogens (tertiary/aromatic N) is 3. The van der Waals surface area contributed by atoms with Crippen LogP contribution in [-0.2, 0) is 30.5 Å². The third-order valence-corrected chi connectivity index (χ3v) is 7.46. The molecule has 1 atom stereocenters. The molecule has 3 aromatic heterocycles. The number of carbonyl (C=O) groups excluding carboxylic acids is 1. The zero-order valence-corrected chi connectivity index (χ0v) is 21.2. The Hall–Kier alpha value is -1.91. The Morgan fingerprint density at radius 1 is 1.09 bits per heavy atom. The van der Waals surface area contributed by atoms with E-state index in [1.165, 1.54) is 47.7 Å². The van der Waals surface area contributed by atoms with Crippen molar-refractivity contribution in [1.82, 2.24) is 24.9 Å². The van der Waals surface area contributed by atoms with Crippen LogP contribution in [-0.4, -0.2) is 40.5 Å². The average molecular weight is 538 g/mol. The van der Waals surface area contributed by atoms with Crippen LogP contribution in [0.5, 0.6) is 0 Å². The number of aromatic nitrogens is 5. The molecule has 0 saturated heterocycles. The van der Waals surface area contributed by atoms with Gasteiger partial charge in [0.15, 0.2) is 0 Å². The Labute approximate surface area is 206 Å². The van der Waals surface area contributed by atoms with Gasteiger partial charge in [0.05, 0.1) is 33.2 Å². The molecule has 5 rings (SSSR count). The van der Waals surface area contributed by atoms with Crippen LogP contribution in [0, 0.1) is 0 Å². The molecule has 0 aliphatic heterocycles. The maximum atomic E-state index is 10.7. The number of fused-ring (bicyclic) bond motifs is 1.